The topological polar surface area (TPSA) is 29.9 Å². The molecule has 0 radical (unpaired) electrons. The average molecular weight is 264 g/mol. The van der Waals surface area contributed by atoms with E-state index in [2.05, 4.69) is 36.4 Å². The summed E-state index contributed by atoms with van der Waals surface area (Å²) >= 11 is 6.31. The van der Waals surface area contributed by atoms with E-state index in [1.54, 1.807) is 0 Å². The van der Waals surface area contributed by atoms with Crippen molar-refractivity contribution in [2.24, 2.45) is 7.05 Å². The highest BCUT2D eigenvalue weighted by Gasteiger charge is 2.08. The Labute approximate surface area is 113 Å². The summed E-state index contributed by atoms with van der Waals surface area (Å²) in [5, 5.41) is 8.34. The van der Waals surface area contributed by atoms with Crippen molar-refractivity contribution in [2.75, 3.05) is 6.54 Å². The van der Waals surface area contributed by atoms with Gasteiger partial charge in [0.2, 0.25) is 0 Å². The molecule has 0 unspecified atom stereocenters. The Bertz CT molecular complexity index is 546. The van der Waals surface area contributed by atoms with Crippen LogP contribution in [0, 0.1) is 6.92 Å². The van der Waals surface area contributed by atoms with Crippen molar-refractivity contribution in [3.63, 3.8) is 0 Å². The minimum absolute atomic E-state index is 0.803. The van der Waals surface area contributed by atoms with Crippen LogP contribution in [0.1, 0.15) is 18.2 Å². The van der Waals surface area contributed by atoms with E-state index < -0.39 is 0 Å². The molecule has 0 spiro atoms. The highest BCUT2D eigenvalue weighted by molar-refractivity contribution is 6.31. The fraction of sp³-hybridized carbons (Fsp3) is 0.357. The standard InChI is InChI=1S/C14H18ClN3/c1-4-16-8-12-6-5-11(7-14(12)15)13-9-17-18(3)10(13)2/h5-7,9,16H,4,8H2,1-3H3. The first kappa shape index (κ1) is 13.1. The van der Waals surface area contributed by atoms with Gasteiger partial charge in [-0.1, -0.05) is 30.7 Å². The molecule has 0 saturated heterocycles. The molecule has 2 aromatic rings. The Morgan fingerprint density at radius 2 is 2.17 bits per heavy atom. The Morgan fingerprint density at radius 1 is 1.39 bits per heavy atom. The van der Waals surface area contributed by atoms with E-state index in [1.807, 2.05) is 24.0 Å². The molecule has 96 valence electrons. The molecule has 18 heavy (non-hydrogen) atoms. The van der Waals surface area contributed by atoms with Crippen molar-refractivity contribution >= 4 is 11.6 Å². The van der Waals surface area contributed by atoms with E-state index in [1.165, 1.54) is 0 Å². The largest absolute Gasteiger partial charge is 0.313 e. The highest BCUT2D eigenvalue weighted by Crippen LogP contribution is 2.27. The zero-order valence-electron chi connectivity index (χ0n) is 11.0. The lowest BCUT2D eigenvalue weighted by Gasteiger charge is -2.07. The first-order valence-corrected chi connectivity index (χ1v) is 6.49. The van der Waals surface area contributed by atoms with E-state index in [-0.39, 0.29) is 0 Å². The van der Waals surface area contributed by atoms with Gasteiger partial charge in [0.1, 0.15) is 0 Å². The van der Waals surface area contributed by atoms with Crippen LogP contribution in [-0.2, 0) is 13.6 Å². The number of aryl methyl sites for hydroxylation is 1. The van der Waals surface area contributed by atoms with Gasteiger partial charge in [0.25, 0.3) is 0 Å². The minimum Gasteiger partial charge on any atom is -0.313 e. The lowest BCUT2D eigenvalue weighted by Crippen LogP contribution is -2.11. The van der Waals surface area contributed by atoms with Gasteiger partial charge in [0, 0.05) is 29.9 Å². The third-order valence-corrected chi connectivity index (χ3v) is 3.52. The van der Waals surface area contributed by atoms with Crippen molar-refractivity contribution in [2.45, 2.75) is 20.4 Å². The smallest absolute Gasteiger partial charge is 0.0571 e. The fourth-order valence-corrected chi connectivity index (χ4v) is 2.15. The molecule has 0 aliphatic rings. The number of aromatic nitrogens is 2. The summed E-state index contributed by atoms with van der Waals surface area (Å²) in [6.07, 6.45) is 1.88. The number of nitrogens with one attached hydrogen (secondary N) is 1. The molecule has 1 aromatic heterocycles. The summed E-state index contributed by atoms with van der Waals surface area (Å²) < 4.78 is 1.87. The van der Waals surface area contributed by atoms with Crippen molar-refractivity contribution < 1.29 is 0 Å². The van der Waals surface area contributed by atoms with Crippen LogP contribution in [0.5, 0.6) is 0 Å². The Hall–Kier alpha value is -1.32. The number of hydrogen-bond donors (Lipinski definition) is 1. The molecule has 0 aliphatic heterocycles. The van der Waals surface area contributed by atoms with Crippen LogP contribution in [0.25, 0.3) is 11.1 Å². The summed E-state index contributed by atoms with van der Waals surface area (Å²) in [5.41, 5.74) is 4.52. The maximum Gasteiger partial charge on any atom is 0.0571 e. The molecule has 0 saturated carbocycles. The molecule has 3 nitrogen and oxygen atoms in total. The SMILES string of the molecule is CCNCc1ccc(-c2cnn(C)c2C)cc1Cl. The molecule has 0 atom stereocenters. The quantitative estimate of drug-likeness (QED) is 0.918. The second-order valence-corrected chi connectivity index (χ2v) is 4.76. The van der Waals surface area contributed by atoms with Crippen LogP contribution in [0.3, 0.4) is 0 Å². The maximum absolute atomic E-state index is 6.31. The van der Waals surface area contributed by atoms with Crippen LogP contribution >= 0.6 is 11.6 Å². The molecule has 1 heterocycles. The molecule has 0 fully saturated rings. The Kier molecular flexibility index (Phi) is 4.04. The van der Waals surface area contributed by atoms with Gasteiger partial charge in [-0.15, -0.1) is 0 Å². The molecule has 2 rings (SSSR count). The van der Waals surface area contributed by atoms with Gasteiger partial charge in [-0.3, -0.25) is 4.68 Å². The number of rotatable bonds is 4. The summed E-state index contributed by atoms with van der Waals surface area (Å²) in [4.78, 5) is 0. The van der Waals surface area contributed by atoms with Crippen LogP contribution in [0.2, 0.25) is 5.02 Å². The Morgan fingerprint density at radius 3 is 2.72 bits per heavy atom. The van der Waals surface area contributed by atoms with Crippen molar-refractivity contribution in [3.05, 3.63) is 40.7 Å². The van der Waals surface area contributed by atoms with Gasteiger partial charge in [0.15, 0.2) is 0 Å². The number of hydrogen-bond acceptors (Lipinski definition) is 2. The van der Waals surface area contributed by atoms with Crippen molar-refractivity contribution in [3.8, 4) is 11.1 Å². The molecular formula is C14H18ClN3. The molecular weight excluding hydrogens is 246 g/mol. The summed E-state index contributed by atoms with van der Waals surface area (Å²) in [6, 6.07) is 6.19. The van der Waals surface area contributed by atoms with Crippen LogP contribution in [-0.4, -0.2) is 16.3 Å². The zero-order chi connectivity index (χ0) is 13.1. The molecule has 4 heteroatoms. The van der Waals surface area contributed by atoms with E-state index in [9.17, 15) is 0 Å². The lowest BCUT2D eigenvalue weighted by atomic mass is 10.0. The number of halogens is 1. The molecule has 0 bridgehead atoms. The molecule has 0 amide bonds. The van der Waals surface area contributed by atoms with Crippen LogP contribution in [0.15, 0.2) is 24.4 Å². The van der Waals surface area contributed by atoms with Crippen LogP contribution < -0.4 is 5.32 Å². The molecule has 0 aliphatic carbocycles. The predicted octanol–water partition coefficient (Wildman–Crippen LogP) is 3.16. The first-order chi connectivity index (χ1) is 8.63. The van der Waals surface area contributed by atoms with E-state index in [0.29, 0.717) is 0 Å². The van der Waals surface area contributed by atoms with Gasteiger partial charge in [0.05, 0.1) is 6.20 Å². The lowest BCUT2D eigenvalue weighted by molar-refractivity contribution is 0.727. The monoisotopic (exact) mass is 263 g/mol. The third-order valence-electron chi connectivity index (χ3n) is 3.16. The van der Waals surface area contributed by atoms with Gasteiger partial charge in [-0.05, 0) is 30.7 Å². The third kappa shape index (κ3) is 2.57. The van der Waals surface area contributed by atoms with Gasteiger partial charge in [-0.2, -0.15) is 5.10 Å². The first-order valence-electron chi connectivity index (χ1n) is 6.11. The fourth-order valence-electron chi connectivity index (χ4n) is 1.90. The second-order valence-electron chi connectivity index (χ2n) is 4.35. The number of benzene rings is 1. The predicted molar refractivity (Wildman–Crippen MR) is 75.8 cm³/mol. The van der Waals surface area contributed by atoms with Crippen molar-refractivity contribution in [1.82, 2.24) is 15.1 Å². The molecule has 1 N–H and O–H groups in total. The maximum atomic E-state index is 6.31. The minimum atomic E-state index is 0.803. The summed E-state index contributed by atoms with van der Waals surface area (Å²) in [6.45, 7) is 5.89. The Balaban J connectivity index is 2.31. The van der Waals surface area contributed by atoms with E-state index >= 15 is 0 Å². The van der Waals surface area contributed by atoms with Gasteiger partial charge in [-0.25, -0.2) is 0 Å². The number of nitrogens with zero attached hydrogens (tertiary/aromatic N) is 2. The average Bonchev–Trinajstić information content (AvgIpc) is 2.69. The van der Waals surface area contributed by atoms with Gasteiger partial charge < -0.3 is 5.32 Å². The summed E-state index contributed by atoms with van der Waals surface area (Å²) in [5.74, 6) is 0. The second kappa shape index (κ2) is 5.55. The van der Waals surface area contributed by atoms with E-state index in [0.717, 1.165) is 40.5 Å². The summed E-state index contributed by atoms with van der Waals surface area (Å²) in [7, 11) is 1.94. The normalized spacial score (nSPS) is 10.9. The highest BCUT2D eigenvalue weighted by atomic mass is 35.5. The van der Waals surface area contributed by atoms with Gasteiger partial charge >= 0.3 is 0 Å². The van der Waals surface area contributed by atoms with Crippen molar-refractivity contribution in [1.29, 1.82) is 0 Å². The van der Waals surface area contributed by atoms with E-state index in [4.69, 9.17) is 11.6 Å². The van der Waals surface area contributed by atoms with Crippen LogP contribution in [0.4, 0.5) is 0 Å². The zero-order valence-corrected chi connectivity index (χ0v) is 11.8. The molecule has 1 aromatic carbocycles.